The predicted octanol–water partition coefficient (Wildman–Crippen LogP) is 2.87. The predicted molar refractivity (Wildman–Crippen MR) is 108 cm³/mol. The number of hydrogen-bond acceptors (Lipinski definition) is 4. The van der Waals surface area contributed by atoms with Gasteiger partial charge >= 0.3 is 0 Å². The Morgan fingerprint density at radius 1 is 1.18 bits per heavy atom. The van der Waals surface area contributed by atoms with E-state index in [1.807, 2.05) is 12.1 Å². The summed E-state index contributed by atoms with van der Waals surface area (Å²) in [6, 6.07) is 8.84. The van der Waals surface area contributed by atoms with Crippen LogP contribution in [0.4, 0.5) is 0 Å². The van der Waals surface area contributed by atoms with Crippen LogP contribution in [-0.4, -0.2) is 55.8 Å². The maximum atomic E-state index is 13.5. The van der Waals surface area contributed by atoms with Crippen LogP contribution in [0.25, 0.3) is 0 Å². The van der Waals surface area contributed by atoms with E-state index in [9.17, 15) is 4.79 Å². The normalized spacial score (nSPS) is 32.1. The number of carbonyl (C=O) groups is 1. The summed E-state index contributed by atoms with van der Waals surface area (Å²) in [6.45, 7) is 2.85. The lowest BCUT2D eigenvalue weighted by Crippen LogP contribution is -2.48. The fraction of sp³-hybridized carbons (Fsp3) is 0.696. The highest BCUT2D eigenvalue weighted by atomic mass is 16.5. The Labute approximate surface area is 167 Å². The van der Waals surface area contributed by atoms with Crippen molar-refractivity contribution in [2.75, 3.05) is 26.8 Å². The van der Waals surface area contributed by atoms with Crippen LogP contribution in [0, 0.1) is 5.92 Å². The van der Waals surface area contributed by atoms with Gasteiger partial charge in [-0.15, -0.1) is 0 Å². The molecule has 2 aliphatic heterocycles. The van der Waals surface area contributed by atoms with Crippen LogP contribution < -0.4 is 10.1 Å². The average Bonchev–Trinajstić information content (AvgIpc) is 3.31. The zero-order valence-corrected chi connectivity index (χ0v) is 16.9. The summed E-state index contributed by atoms with van der Waals surface area (Å²) >= 11 is 0. The third-order valence-corrected chi connectivity index (χ3v) is 7.46. The van der Waals surface area contributed by atoms with E-state index in [-0.39, 0.29) is 17.4 Å². The first-order valence-electron chi connectivity index (χ1n) is 11.0. The molecule has 4 aliphatic rings. The van der Waals surface area contributed by atoms with Gasteiger partial charge in [0.25, 0.3) is 0 Å². The summed E-state index contributed by atoms with van der Waals surface area (Å²) in [7, 11) is 1.68. The largest absolute Gasteiger partial charge is 0.497 e. The van der Waals surface area contributed by atoms with Gasteiger partial charge in [0.1, 0.15) is 5.75 Å². The minimum atomic E-state index is -0.373. The van der Waals surface area contributed by atoms with Gasteiger partial charge in [0.05, 0.1) is 25.2 Å². The molecule has 5 rings (SSSR count). The standard InChI is InChI=1S/C23H32N2O3/c1-27-20-8-6-17(7-9-20)23(10-2-3-11-23)22(26)24-18-12-19-15-28-21(16-4-5-16)14-25(19)13-18/h6-9,16,18-19,21H,2-5,10-15H2,1H3,(H,24,26)/t18-,19+,21-/m1/s1. The number of morpholine rings is 1. The van der Waals surface area contributed by atoms with Crippen molar-refractivity contribution in [3.63, 3.8) is 0 Å². The Morgan fingerprint density at radius 3 is 2.61 bits per heavy atom. The Balaban J connectivity index is 1.27. The minimum absolute atomic E-state index is 0.222. The number of benzene rings is 1. The Bertz CT molecular complexity index is 709. The first-order valence-corrected chi connectivity index (χ1v) is 11.0. The van der Waals surface area contributed by atoms with E-state index in [1.165, 1.54) is 12.8 Å². The molecular formula is C23H32N2O3. The fourth-order valence-electron chi connectivity index (χ4n) is 5.62. The zero-order chi connectivity index (χ0) is 19.1. The number of amides is 1. The molecular weight excluding hydrogens is 352 g/mol. The summed E-state index contributed by atoms with van der Waals surface area (Å²) in [5.41, 5.74) is 0.763. The lowest BCUT2D eigenvalue weighted by atomic mass is 9.77. The van der Waals surface area contributed by atoms with Gasteiger partial charge in [-0.25, -0.2) is 0 Å². The van der Waals surface area contributed by atoms with Crippen molar-refractivity contribution in [3.8, 4) is 5.75 Å². The molecule has 0 radical (unpaired) electrons. The molecule has 5 heteroatoms. The molecule has 0 spiro atoms. The molecule has 2 aliphatic carbocycles. The van der Waals surface area contributed by atoms with Crippen molar-refractivity contribution in [1.29, 1.82) is 0 Å². The molecule has 2 heterocycles. The quantitative estimate of drug-likeness (QED) is 0.848. The van der Waals surface area contributed by atoms with Crippen LogP contribution in [0.5, 0.6) is 5.75 Å². The summed E-state index contributed by atoms with van der Waals surface area (Å²) < 4.78 is 11.4. The van der Waals surface area contributed by atoms with E-state index in [4.69, 9.17) is 9.47 Å². The molecule has 0 bridgehead atoms. The van der Waals surface area contributed by atoms with Gasteiger partial charge in [-0.05, 0) is 55.7 Å². The lowest BCUT2D eigenvalue weighted by Gasteiger charge is -2.35. The molecule has 1 aromatic rings. The van der Waals surface area contributed by atoms with E-state index < -0.39 is 0 Å². The molecule has 3 atom stereocenters. The van der Waals surface area contributed by atoms with E-state index >= 15 is 0 Å². The highest BCUT2D eigenvalue weighted by Crippen LogP contribution is 2.42. The summed E-state index contributed by atoms with van der Waals surface area (Å²) in [5.74, 6) is 1.85. The third kappa shape index (κ3) is 3.33. The Kier molecular flexibility index (Phi) is 4.84. The van der Waals surface area contributed by atoms with Gasteiger partial charge in [-0.3, -0.25) is 9.69 Å². The maximum Gasteiger partial charge on any atom is 0.230 e. The van der Waals surface area contributed by atoms with Gasteiger partial charge in [-0.1, -0.05) is 25.0 Å². The lowest BCUT2D eigenvalue weighted by molar-refractivity contribution is -0.127. The van der Waals surface area contributed by atoms with Crippen LogP contribution in [0.1, 0.15) is 50.5 Å². The van der Waals surface area contributed by atoms with E-state index in [2.05, 4.69) is 22.3 Å². The summed E-state index contributed by atoms with van der Waals surface area (Å²) in [6.07, 6.45) is 8.22. The number of methoxy groups -OCH3 is 1. The maximum absolute atomic E-state index is 13.5. The topological polar surface area (TPSA) is 50.8 Å². The van der Waals surface area contributed by atoms with Crippen molar-refractivity contribution in [2.24, 2.45) is 5.92 Å². The smallest absolute Gasteiger partial charge is 0.230 e. The van der Waals surface area contributed by atoms with Crippen molar-refractivity contribution in [3.05, 3.63) is 29.8 Å². The third-order valence-electron chi connectivity index (χ3n) is 7.46. The SMILES string of the molecule is COc1ccc(C2(C(=O)N[C@@H]3C[C@H]4CO[C@@H](C5CC5)CN4C3)CCCC2)cc1. The Hall–Kier alpha value is -1.59. The number of ether oxygens (including phenoxy) is 2. The van der Waals surface area contributed by atoms with Crippen molar-refractivity contribution in [1.82, 2.24) is 10.2 Å². The Morgan fingerprint density at radius 2 is 1.93 bits per heavy atom. The molecule has 1 aromatic carbocycles. The second kappa shape index (κ2) is 7.34. The molecule has 1 amide bonds. The van der Waals surface area contributed by atoms with Crippen LogP contribution >= 0.6 is 0 Å². The van der Waals surface area contributed by atoms with Gasteiger partial charge in [-0.2, -0.15) is 0 Å². The first-order chi connectivity index (χ1) is 13.7. The molecule has 152 valence electrons. The zero-order valence-electron chi connectivity index (χ0n) is 16.9. The number of carbonyl (C=O) groups excluding carboxylic acids is 1. The average molecular weight is 385 g/mol. The van der Waals surface area contributed by atoms with Crippen molar-refractivity contribution >= 4 is 5.91 Å². The van der Waals surface area contributed by atoms with E-state index in [1.54, 1.807) is 7.11 Å². The number of rotatable bonds is 5. The highest BCUT2D eigenvalue weighted by Gasteiger charge is 2.46. The molecule has 0 aromatic heterocycles. The fourth-order valence-corrected chi connectivity index (χ4v) is 5.62. The van der Waals surface area contributed by atoms with Gasteiger partial charge in [0.15, 0.2) is 0 Å². The van der Waals surface area contributed by atoms with Gasteiger partial charge in [0, 0.05) is 25.2 Å². The molecule has 28 heavy (non-hydrogen) atoms. The molecule has 0 unspecified atom stereocenters. The summed E-state index contributed by atoms with van der Waals surface area (Å²) in [4.78, 5) is 16.0. The van der Waals surface area contributed by atoms with Crippen molar-refractivity contribution < 1.29 is 14.3 Å². The van der Waals surface area contributed by atoms with Crippen molar-refractivity contribution in [2.45, 2.75) is 68.5 Å². The first kappa shape index (κ1) is 18.4. The van der Waals surface area contributed by atoms with Crippen LogP contribution in [0.2, 0.25) is 0 Å². The second-order valence-corrected chi connectivity index (χ2v) is 9.24. The van der Waals surface area contributed by atoms with Crippen LogP contribution in [-0.2, 0) is 14.9 Å². The van der Waals surface area contributed by atoms with Crippen LogP contribution in [0.3, 0.4) is 0 Å². The highest BCUT2D eigenvalue weighted by molar-refractivity contribution is 5.89. The monoisotopic (exact) mass is 384 g/mol. The second-order valence-electron chi connectivity index (χ2n) is 9.24. The number of nitrogens with one attached hydrogen (secondary N) is 1. The molecule has 4 fully saturated rings. The minimum Gasteiger partial charge on any atom is -0.497 e. The number of nitrogens with zero attached hydrogens (tertiary/aromatic N) is 1. The molecule has 5 nitrogen and oxygen atoms in total. The van der Waals surface area contributed by atoms with Gasteiger partial charge < -0.3 is 14.8 Å². The number of hydrogen-bond donors (Lipinski definition) is 1. The molecule has 2 saturated carbocycles. The van der Waals surface area contributed by atoms with E-state index in [0.29, 0.717) is 12.1 Å². The van der Waals surface area contributed by atoms with E-state index in [0.717, 1.165) is 69.0 Å². The van der Waals surface area contributed by atoms with Gasteiger partial charge in [0.2, 0.25) is 5.91 Å². The summed E-state index contributed by atoms with van der Waals surface area (Å²) in [5, 5.41) is 3.44. The molecule has 2 saturated heterocycles. The molecule has 1 N–H and O–H groups in total. The number of fused-ring (bicyclic) bond motifs is 1. The van der Waals surface area contributed by atoms with Crippen LogP contribution in [0.15, 0.2) is 24.3 Å².